The highest BCUT2D eigenvalue weighted by molar-refractivity contribution is 5.82. The summed E-state index contributed by atoms with van der Waals surface area (Å²) in [5, 5.41) is 0.822. The molecule has 1 heterocycles. The number of pyridine rings is 1. The topological polar surface area (TPSA) is 22.0 Å². The maximum Gasteiger partial charge on any atom is 0.189 e. The Morgan fingerprint density at radius 2 is 2.00 bits per heavy atom. The molecule has 0 fully saturated rings. The minimum absolute atomic E-state index is 0.121. The highest BCUT2D eigenvalue weighted by Gasteiger charge is 2.06. The van der Waals surface area contributed by atoms with E-state index in [9.17, 15) is 4.79 Å². The van der Waals surface area contributed by atoms with E-state index in [-0.39, 0.29) is 5.43 Å². The molecular weight excluding hydrogens is 186 g/mol. The second-order valence-corrected chi connectivity index (χ2v) is 3.87. The van der Waals surface area contributed by atoms with Crippen LogP contribution in [0.25, 0.3) is 10.9 Å². The SMILES string of the molecule is CCn1c(C)cc(=O)c2cccc(C)c21. The Morgan fingerprint density at radius 1 is 1.27 bits per heavy atom. The zero-order valence-corrected chi connectivity index (χ0v) is 9.37. The Balaban J connectivity index is 3.05. The summed E-state index contributed by atoms with van der Waals surface area (Å²) in [6.45, 7) is 7.03. The maximum absolute atomic E-state index is 11.8. The van der Waals surface area contributed by atoms with Crippen molar-refractivity contribution < 1.29 is 0 Å². The summed E-state index contributed by atoms with van der Waals surface area (Å²) < 4.78 is 2.19. The average Bonchev–Trinajstić information content (AvgIpc) is 2.20. The van der Waals surface area contributed by atoms with Crippen LogP contribution in [0.1, 0.15) is 18.2 Å². The summed E-state index contributed by atoms with van der Waals surface area (Å²) in [7, 11) is 0. The third-order valence-electron chi connectivity index (χ3n) is 2.86. The Kier molecular flexibility index (Phi) is 2.35. The van der Waals surface area contributed by atoms with Gasteiger partial charge in [0.15, 0.2) is 5.43 Å². The molecule has 2 heteroatoms. The second-order valence-electron chi connectivity index (χ2n) is 3.87. The Labute approximate surface area is 89.2 Å². The van der Waals surface area contributed by atoms with Gasteiger partial charge in [-0.05, 0) is 32.4 Å². The number of para-hydroxylation sites is 1. The number of hydrogen-bond donors (Lipinski definition) is 0. The van der Waals surface area contributed by atoms with Crippen molar-refractivity contribution in [3.05, 3.63) is 45.7 Å². The quantitative estimate of drug-likeness (QED) is 0.695. The lowest BCUT2D eigenvalue weighted by Crippen LogP contribution is -2.12. The first kappa shape index (κ1) is 9.97. The monoisotopic (exact) mass is 201 g/mol. The molecule has 0 saturated carbocycles. The summed E-state index contributed by atoms with van der Waals surface area (Å²) in [5.41, 5.74) is 3.39. The van der Waals surface area contributed by atoms with E-state index in [1.54, 1.807) is 6.07 Å². The minimum atomic E-state index is 0.121. The third kappa shape index (κ3) is 1.46. The minimum Gasteiger partial charge on any atom is -0.345 e. The van der Waals surface area contributed by atoms with Gasteiger partial charge in [-0.3, -0.25) is 4.79 Å². The second kappa shape index (κ2) is 3.54. The molecule has 0 N–H and O–H groups in total. The molecule has 15 heavy (non-hydrogen) atoms. The zero-order valence-electron chi connectivity index (χ0n) is 9.37. The summed E-state index contributed by atoms with van der Waals surface area (Å²) in [6, 6.07) is 7.60. The van der Waals surface area contributed by atoms with Gasteiger partial charge in [0, 0.05) is 23.7 Å². The fourth-order valence-electron chi connectivity index (χ4n) is 2.15. The molecule has 0 saturated heterocycles. The Hall–Kier alpha value is -1.57. The molecule has 0 aliphatic heterocycles. The van der Waals surface area contributed by atoms with Crippen molar-refractivity contribution in [2.75, 3.05) is 0 Å². The predicted octanol–water partition coefficient (Wildman–Crippen LogP) is 2.64. The van der Waals surface area contributed by atoms with Crippen molar-refractivity contribution >= 4 is 10.9 Å². The number of aryl methyl sites for hydroxylation is 3. The summed E-state index contributed by atoms with van der Waals surface area (Å²) in [4.78, 5) is 11.8. The van der Waals surface area contributed by atoms with E-state index in [0.717, 1.165) is 28.7 Å². The first-order chi connectivity index (χ1) is 7.15. The summed E-state index contributed by atoms with van der Waals surface area (Å²) in [5.74, 6) is 0. The molecule has 0 unspecified atom stereocenters. The van der Waals surface area contributed by atoms with Gasteiger partial charge in [0.25, 0.3) is 0 Å². The van der Waals surface area contributed by atoms with E-state index in [1.807, 2.05) is 32.0 Å². The molecular formula is C13H15NO. The van der Waals surface area contributed by atoms with Crippen molar-refractivity contribution in [1.82, 2.24) is 4.57 Å². The van der Waals surface area contributed by atoms with E-state index in [0.29, 0.717) is 0 Å². The molecule has 1 aromatic carbocycles. The molecule has 2 aromatic rings. The Bertz CT molecular complexity index is 566. The van der Waals surface area contributed by atoms with Crippen LogP contribution in [0.2, 0.25) is 0 Å². The molecule has 0 atom stereocenters. The van der Waals surface area contributed by atoms with Crippen LogP contribution in [0.15, 0.2) is 29.1 Å². The molecule has 0 spiro atoms. The molecule has 0 aliphatic rings. The zero-order chi connectivity index (χ0) is 11.0. The molecule has 0 amide bonds. The normalized spacial score (nSPS) is 10.9. The standard InChI is InChI=1S/C13H15NO/c1-4-14-10(3)8-12(15)11-7-5-6-9(2)13(11)14/h5-8H,4H2,1-3H3. The fraction of sp³-hybridized carbons (Fsp3) is 0.308. The van der Waals surface area contributed by atoms with Crippen molar-refractivity contribution in [3.63, 3.8) is 0 Å². The Morgan fingerprint density at radius 3 is 2.67 bits per heavy atom. The number of hydrogen-bond acceptors (Lipinski definition) is 1. The van der Waals surface area contributed by atoms with Gasteiger partial charge in [0.2, 0.25) is 0 Å². The highest BCUT2D eigenvalue weighted by Crippen LogP contribution is 2.16. The van der Waals surface area contributed by atoms with Crippen LogP contribution in [0, 0.1) is 13.8 Å². The van der Waals surface area contributed by atoms with Crippen LogP contribution in [0.4, 0.5) is 0 Å². The molecule has 1 aromatic heterocycles. The number of rotatable bonds is 1. The highest BCUT2D eigenvalue weighted by atomic mass is 16.1. The first-order valence-corrected chi connectivity index (χ1v) is 5.25. The number of aromatic nitrogens is 1. The van der Waals surface area contributed by atoms with Gasteiger partial charge >= 0.3 is 0 Å². The smallest absolute Gasteiger partial charge is 0.189 e. The predicted molar refractivity (Wildman–Crippen MR) is 63.4 cm³/mol. The van der Waals surface area contributed by atoms with Crippen LogP contribution >= 0.6 is 0 Å². The van der Waals surface area contributed by atoms with Crippen LogP contribution in [0.5, 0.6) is 0 Å². The summed E-state index contributed by atoms with van der Waals surface area (Å²) >= 11 is 0. The van der Waals surface area contributed by atoms with Crippen LogP contribution < -0.4 is 5.43 Å². The number of nitrogens with zero attached hydrogens (tertiary/aromatic N) is 1. The van der Waals surface area contributed by atoms with E-state index < -0.39 is 0 Å². The van der Waals surface area contributed by atoms with Gasteiger partial charge < -0.3 is 4.57 Å². The number of benzene rings is 1. The molecule has 0 radical (unpaired) electrons. The molecule has 0 bridgehead atoms. The van der Waals surface area contributed by atoms with Gasteiger partial charge in [-0.1, -0.05) is 12.1 Å². The van der Waals surface area contributed by atoms with Crippen molar-refractivity contribution in [2.24, 2.45) is 0 Å². The maximum atomic E-state index is 11.8. The van der Waals surface area contributed by atoms with Crippen LogP contribution in [-0.2, 0) is 6.54 Å². The van der Waals surface area contributed by atoms with Gasteiger partial charge in [0.05, 0.1) is 5.52 Å². The van der Waals surface area contributed by atoms with Gasteiger partial charge in [-0.15, -0.1) is 0 Å². The summed E-state index contributed by atoms with van der Waals surface area (Å²) in [6.07, 6.45) is 0. The largest absolute Gasteiger partial charge is 0.345 e. The van der Waals surface area contributed by atoms with Gasteiger partial charge in [-0.25, -0.2) is 0 Å². The van der Waals surface area contributed by atoms with Crippen LogP contribution in [0.3, 0.4) is 0 Å². The first-order valence-electron chi connectivity index (χ1n) is 5.25. The average molecular weight is 201 g/mol. The van der Waals surface area contributed by atoms with Crippen molar-refractivity contribution in [3.8, 4) is 0 Å². The van der Waals surface area contributed by atoms with Gasteiger partial charge in [-0.2, -0.15) is 0 Å². The van der Waals surface area contributed by atoms with E-state index >= 15 is 0 Å². The van der Waals surface area contributed by atoms with Crippen molar-refractivity contribution in [1.29, 1.82) is 0 Å². The molecule has 0 aliphatic carbocycles. The molecule has 78 valence electrons. The lowest BCUT2D eigenvalue weighted by Gasteiger charge is -2.13. The van der Waals surface area contributed by atoms with E-state index in [2.05, 4.69) is 11.5 Å². The number of fused-ring (bicyclic) bond motifs is 1. The molecule has 2 rings (SSSR count). The lowest BCUT2D eigenvalue weighted by atomic mass is 10.1. The van der Waals surface area contributed by atoms with Crippen molar-refractivity contribution in [2.45, 2.75) is 27.3 Å². The fourth-order valence-corrected chi connectivity index (χ4v) is 2.15. The van der Waals surface area contributed by atoms with E-state index in [1.165, 1.54) is 0 Å². The molecule has 2 nitrogen and oxygen atoms in total. The third-order valence-corrected chi connectivity index (χ3v) is 2.86. The van der Waals surface area contributed by atoms with Gasteiger partial charge in [0.1, 0.15) is 0 Å². The lowest BCUT2D eigenvalue weighted by molar-refractivity contribution is 0.756. The van der Waals surface area contributed by atoms with Crippen LogP contribution in [-0.4, -0.2) is 4.57 Å². The van der Waals surface area contributed by atoms with E-state index in [4.69, 9.17) is 0 Å².